The number of carbonyl (C=O) groups excluding carboxylic acids is 1. The first-order valence-corrected chi connectivity index (χ1v) is 6.87. The van der Waals surface area contributed by atoms with Crippen LogP contribution in [0, 0.1) is 6.92 Å². The zero-order chi connectivity index (χ0) is 14.7. The van der Waals surface area contributed by atoms with Crippen molar-refractivity contribution in [2.24, 2.45) is 0 Å². The topological polar surface area (TPSA) is 30.0 Å². The molecule has 0 saturated carbocycles. The summed E-state index contributed by atoms with van der Waals surface area (Å²) in [5.41, 5.74) is 4.37. The fourth-order valence-corrected chi connectivity index (χ4v) is 2.31. The molecule has 1 heterocycles. The normalized spacial score (nSPS) is 10.3. The molecule has 1 aromatic heterocycles. The third kappa shape index (κ3) is 2.75. The van der Waals surface area contributed by atoms with Crippen molar-refractivity contribution in [2.45, 2.75) is 6.92 Å². The van der Waals surface area contributed by atoms with Gasteiger partial charge in [0.05, 0.1) is 5.69 Å². The number of carbonyl (C=O) groups is 1. The first kappa shape index (κ1) is 13.3. The molecule has 0 bridgehead atoms. The summed E-state index contributed by atoms with van der Waals surface area (Å²) < 4.78 is 0. The maximum Gasteiger partial charge on any atom is 0.193 e. The van der Waals surface area contributed by atoms with E-state index in [2.05, 4.69) is 4.98 Å². The van der Waals surface area contributed by atoms with Gasteiger partial charge in [0.2, 0.25) is 0 Å². The van der Waals surface area contributed by atoms with E-state index in [1.165, 1.54) is 0 Å². The molecule has 0 fully saturated rings. The zero-order valence-electron chi connectivity index (χ0n) is 11.8. The van der Waals surface area contributed by atoms with E-state index in [1.54, 1.807) is 6.20 Å². The van der Waals surface area contributed by atoms with Gasteiger partial charge in [-0.15, -0.1) is 0 Å². The van der Waals surface area contributed by atoms with Gasteiger partial charge in [0, 0.05) is 22.9 Å². The molecule has 0 aliphatic heterocycles. The second kappa shape index (κ2) is 5.71. The van der Waals surface area contributed by atoms with Crippen LogP contribution < -0.4 is 0 Å². The molecule has 2 aromatic carbocycles. The molecule has 0 N–H and O–H groups in total. The predicted octanol–water partition coefficient (Wildman–Crippen LogP) is 4.29. The van der Waals surface area contributed by atoms with Gasteiger partial charge in [-0.1, -0.05) is 54.6 Å². The van der Waals surface area contributed by atoms with Gasteiger partial charge in [0.25, 0.3) is 0 Å². The van der Waals surface area contributed by atoms with Crippen molar-refractivity contribution in [2.75, 3.05) is 0 Å². The van der Waals surface area contributed by atoms with Crippen LogP contribution in [-0.2, 0) is 0 Å². The lowest BCUT2D eigenvalue weighted by Crippen LogP contribution is -2.03. The number of rotatable bonds is 3. The van der Waals surface area contributed by atoms with E-state index in [9.17, 15) is 4.79 Å². The molecule has 2 heteroatoms. The fourth-order valence-electron chi connectivity index (χ4n) is 2.31. The van der Waals surface area contributed by atoms with Gasteiger partial charge in [0.1, 0.15) is 0 Å². The Morgan fingerprint density at radius 2 is 1.57 bits per heavy atom. The molecular formula is C19H15NO. The lowest BCUT2D eigenvalue weighted by atomic mass is 9.98. The van der Waals surface area contributed by atoms with Crippen LogP contribution in [0.1, 0.15) is 21.5 Å². The third-order valence-electron chi connectivity index (χ3n) is 3.50. The first-order valence-electron chi connectivity index (χ1n) is 6.87. The third-order valence-corrected chi connectivity index (χ3v) is 3.50. The summed E-state index contributed by atoms with van der Waals surface area (Å²) in [6.07, 6.45) is 1.77. The van der Waals surface area contributed by atoms with Gasteiger partial charge >= 0.3 is 0 Å². The Hall–Kier alpha value is -2.74. The largest absolute Gasteiger partial charge is 0.289 e. The highest BCUT2D eigenvalue weighted by Crippen LogP contribution is 2.19. The van der Waals surface area contributed by atoms with Crippen LogP contribution in [0.15, 0.2) is 72.9 Å². The van der Waals surface area contributed by atoms with Crippen molar-refractivity contribution in [1.29, 1.82) is 0 Å². The fraction of sp³-hybridized carbons (Fsp3) is 0.0526. The quantitative estimate of drug-likeness (QED) is 0.666. The Morgan fingerprint density at radius 1 is 0.857 bits per heavy atom. The van der Waals surface area contributed by atoms with Crippen LogP contribution in [-0.4, -0.2) is 10.8 Å². The molecule has 0 aliphatic carbocycles. The lowest BCUT2D eigenvalue weighted by Gasteiger charge is -2.06. The van der Waals surface area contributed by atoms with Crippen LogP contribution >= 0.6 is 0 Å². The Labute approximate surface area is 124 Å². The number of aromatic nitrogens is 1. The standard InChI is InChI=1S/C19H15NO/c1-14-6-2-3-7-17(14)19(21)16-11-9-15(10-12-16)18-8-4-5-13-20-18/h2-13H,1H3. The molecule has 0 unspecified atom stereocenters. The maximum atomic E-state index is 12.5. The monoisotopic (exact) mass is 273 g/mol. The molecule has 0 radical (unpaired) electrons. The van der Waals surface area contributed by atoms with Crippen molar-refractivity contribution >= 4 is 5.78 Å². The minimum Gasteiger partial charge on any atom is -0.289 e. The maximum absolute atomic E-state index is 12.5. The van der Waals surface area contributed by atoms with Crippen molar-refractivity contribution in [3.63, 3.8) is 0 Å². The van der Waals surface area contributed by atoms with Crippen molar-refractivity contribution < 1.29 is 4.79 Å². The molecule has 21 heavy (non-hydrogen) atoms. The highest BCUT2D eigenvalue weighted by molar-refractivity contribution is 6.10. The van der Waals surface area contributed by atoms with E-state index in [-0.39, 0.29) is 5.78 Å². The van der Waals surface area contributed by atoms with E-state index in [0.29, 0.717) is 5.56 Å². The number of ketones is 1. The minimum atomic E-state index is 0.0562. The Kier molecular flexibility index (Phi) is 3.61. The second-order valence-corrected chi connectivity index (χ2v) is 4.94. The molecule has 0 saturated heterocycles. The number of nitrogens with zero attached hydrogens (tertiary/aromatic N) is 1. The Morgan fingerprint density at radius 3 is 2.24 bits per heavy atom. The average molecular weight is 273 g/mol. The van der Waals surface area contributed by atoms with Gasteiger partial charge in [-0.05, 0) is 24.6 Å². The van der Waals surface area contributed by atoms with Gasteiger partial charge in [-0.25, -0.2) is 0 Å². The average Bonchev–Trinajstić information content (AvgIpc) is 2.56. The Balaban J connectivity index is 1.91. The van der Waals surface area contributed by atoms with E-state index in [4.69, 9.17) is 0 Å². The van der Waals surface area contributed by atoms with E-state index in [1.807, 2.05) is 73.7 Å². The number of benzene rings is 2. The van der Waals surface area contributed by atoms with Gasteiger partial charge in [0.15, 0.2) is 5.78 Å². The van der Waals surface area contributed by atoms with Crippen LogP contribution in [0.3, 0.4) is 0 Å². The van der Waals surface area contributed by atoms with Crippen molar-refractivity contribution in [3.05, 3.63) is 89.6 Å². The van der Waals surface area contributed by atoms with Crippen LogP contribution in [0.2, 0.25) is 0 Å². The summed E-state index contributed by atoms with van der Waals surface area (Å²) in [5.74, 6) is 0.0562. The summed E-state index contributed by atoms with van der Waals surface area (Å²) in [5, 5.41) is 0. The highest BCUT2D eigenvalue weighted by atomic mass is 16.1. The number of pyridine rings is 1. The van der Waals surface area contributed by atoms with Gasteiger partial charge in [-0.3, -0.25) is 9.78 Å². The molecule has 0 spiro atoms. The lowest BCUT2D eigenvalue weighted by molar-refractivity contribution is 0.103. The number of aryl methyl sites for hydroxylation is 1. The highest BCUT2D eigenvalue weighted by Gasteiger charge is 2.11. The summed E-state index contributed by atoms with van der Waals surface area (Å²) in [7, 11) is 0. The SMILES string of the molecule is Cc1ccccc1C(=O)c1ccc(-c2ccccn2)cc1. The molecule has 2 nitrogen and oxygen atoms in total. The van der Waals surface area contributed by atoms with Crippen LogP contribution in [0.4, 0.5) is 0 Å². The summed E-state index contributed by atoms with van der Waals surface area (Å²) in [6.45, 7) is 1.95. The second-order valence-electron chi connectivity index (χ2n) is 4.94. The molecule has 102 valence electrons. The Bertz CT molecular complexity index is 761. The van der Waals surface area contributed by atoms with Gasteiger partial charge in [-0.2, -0.15) is 0 Å². The molecular weight excluding hydrogens is 258 g/mol. The van der Waals surface area contributed by atoms with E-state index < -0.39 is 0 Å². The van der Waals surface area contributed by atoms with E-state index in [0.717, 1.165) is 22.4 Å². The van der Waals surface area contributed by atoms with E-state index >= 15 is 0 Å². The summed E-state index contributed by atoms with van der Waals surface area (Å²) in [4.78, 5) is 16.8. The number of hydrogen-bond acceptors (Lipinski definition) is 2. The van der Waals surface area contributed by atoms with Gasteiger partial charge < -0.3 is 0 Å². The van der Waals surface area contributed by atoms with Crippen LogP contribution in [0.25, 0.3) is 11.3 Å². The predicted molar refractivity (Wildman–Crippen MR) is 84.3 cm³/mol. The summed E-state index contributed by atoms with van der Waals surface area (Å²) in [6, 6.07) is 21.0. The first-order chi connectivity index (χ1) is 10.3. The van der Waals surface area contributed by atoms with Crippen molar-refractivity contribution in [3.8, 4) is 11.3 Å². The zero-order valence-corrected chi connectivity index (χ0v) is 11.8. The summed E-state index contributed by atoms with van der Waals surface area (Å²) >= 11 is 0. The molecule has 0 aliphatic rings. The number of hydrogen-bond donors (Lipinski definition) is 0. The minimum absolute atomic E-state index is 0.0562. The molecule has 3 aromatic rings. The molecule has 0 amide bonds. The smallest absolute Gasteiger partial charge is 0.193 e. The molecule has 3 rings (SSSR count). The van der Waals surface area contributed by atoms with Crippen molar-refractivity contribution in [1.82, 2.24) is 4.98 Å². The van der Waals surface area contributed by atoms with Crippen LogP contribution in [0.5, 0.6) is 0 Å². The molecule has 0 atom stereocenters.